The van der Waals surface area contributed by atoms with Crippen LogP contribution in [0, 0.1) is 13.8 Å². The van der Waals surface area contributed by atoms with E-state index in [9.17, 15) is 0 Å². The van der Waals surface area contributed by atoms with E-state index in [1.807, 2.05) is 20.8 Å². The minimum Gasteiger partial charge on any atom is -0.438 e. The number of aromatic nitrogens is 2. The maximum absolute atomic E-state index is 5.68. The highest BCUT2D eigenvalue weighted by atomic mass is 32.1. The van der Waals surface area contributed by atoms with Gasteiger partial charge in [0.1, 0.15) is 0 Å². The minimum atomic E-state index is -0.173. The molecule has 2 heterocycles. The van der Waals surface area contributed by atoms with Gasteiger partial charge in [0.2, 0.25) is 5.89 Å². The normalized spacial score (nSPS) is 13.1. The quantitative estimate of drug-likeness (QED) is 0.849. The molecule has 15 heavy (non-hydrogen) atoms. The summed E-state index contributed by atoms with van der Waals surface area (Å²) in [5.74, 6) is 1.32. The van der Waals surface area contributed by atoms with Gasteiger partial charge >= 0.3 is 0 Å². The van der Waals surface area contributed by atoms with E-state index >= 15 is 0 Å². The third-order valence-corrected chi connectivity index (χ3v) is 3.13. The zero-order valence-corrected chi connectivity index (χ0v) is 9.76. The van der Waals surface area contributed by atoms with Gasteiger partial charge in [-0.2, -0.15) is 0 Å². The molecule has 0 aliphatic carbocycles. The zero-order valence-electron chi connectivity index (χ0n) is 8.94. The van der Waals surface area contributed by atoms with Crippen molar-refractivity contribution < 1.29 is 4.42 Å². The fraction of sp³-hybridized carbons (Fsp3) is 0.400. The minimum absolute atomic E-state index is 0.173. The number of nitrogens with two attached hydrogens (primary N) is 1. The largest absolute Gasteiger partial charge is 0.438 e. The zero-order chi connectivity index (χ0) is 11.0. The van der Waals surface area contributed by atoms with E-state index in [2.05, 4.69) is 9.97 Å². The molecule has 0 aromatic carbocycles. The number of nitrogens with zero attached hydrogens (tertiary/aromatic N) is 2. The van der Waals surface area contributed by atoms with Gasteiger partial charge in [-0.05, 0) is 20.8 Å². The molecule has 80 valence electrons. The molecule has 2 aromatic rings. The maximum atomic E-state index is 5.68. The molecule has 4 nitrogen and oxygen atoms in total. The average molecular weight is 223 g/mol. The first-order chi connectivity index (χ1) is 7.08. The Hall–Kier alpha value is -1.20. The highest BCUT2D eigenvalue weighted by molar-refractivity contribution is 7.15. The van der Waals surface area contributed by atoms with Crippen LogP contribution in [0.5, 0.6) is 0 Å². The summed E-state index contributed by atoms with van der Waals surface area (Å²) >= 11 is 1.61. The molecule has 5 heteroatoms. The van der Waals surface area contributed by atoms with Gasteiger partial charge in [-0.15, -0.1) is 11.3 Å². The van der Waals surface area contributed by atoms with Gasteiger partial charge in [-0.3, -0.25) is 0 Å². The van der Waals surface area contributed by atoms with Crippen molar-refractivity contribution in [3.8, 4) is 10.6 Å². The van der Waals surface area contributed by atoms with E-state index in [0.717, 1.165) is 21.3 Å². The molecule has 0 spiro atoms. The number of hydrogen-bond acceptors (Lipinski definition) is 5. The van der Waals surface area contributed by atoms with Gasteiger partial charge in [-0.1, -0.05) is 0 Å². The predicted octanol–water partition coefficient (Wildman–Crippen LogP) is 2.43. The van der Waals surface area contributed by atoms with E-state index in [4.69, 9.17) is 10.2 Å². The molecule has 1 unspecified atom stereocenters. The molecule has 2 N–H and O–H groups in total. The van der Waals surface area contributed by atoms with Crippen LogP contribution >= 0.6 is 11.3 Å². The van der Waals surface area contributed by atoms with Crippen molar-refractivity contribution in [3.63, 3.8) is 0 Å². The predicted molar refractivity (Wildman–Crippen MR) is 59.7 cm³/mol. The lowest BCUT2D eigenvalue weighted by Gasteiger charge is -1.96. The molecule has 0 fully saturated rings. The molecule has 0 saturated heterocycles. The van der Waals surface area contributed by atoms with Crippen LogP contribution in [-0.4, -0.2) is 9.97 Å². The van der Waals surface area contributed by atoms with E-state index in [1.54, 1.807) is 17.5 Å². The SMILES string of the molecule is Cc1nc(C)c(-c2cnc(C(C)N)o2)s1. The molecular formula is C10H13N3OS. The Morgan fingerprint density at radius 1 is 1.47 bits per heavy atom. The molecule has 0 aliphatic rings. The van der Waals surface area contributed by atoms with E-state index in [0.29, 0.717) is 5.89 Å². The summed E-state index contributed by atoms with van der Waals surface area (Å²) in [4.78, 5) is 9.50. The van der Waals surface area contributed by atoms with E-state index in [-0.39, 0.29) is 6.04 Å². The highest BCUT2D eigenvalue weighted by Crippen LogP contribution is 2.30. The Morgan fingerprint density at radius 3 is 2.67 bits per heavy atom. The molecule has 0 bridgehead atoms. The Morgan fingerprint density at radius 2 is 2.20 bits per heavy atom. The number of thiazole rings is 1. The van der Waals surface area contributed by atoms with Crippen LogP contribution in [0.3, 0.4) is 0 Å². The third-order valence-electron chi connectivity index (χ3n) is 2.04. The second kappa shape index (κ2) is 3.75. The molecular weight excluding hydrogens is 210 g/mol. The Labute approximate surface area is 92.2 Å². The molecule has 0 saturated carbocycles. The average Bonchev–Trinajstić information content (AvgIpc) is 2.71. The summed E-state index contributed by atoms with van der Waals surface area (Å²) in [7, 11) is 0. The first-order valence-electron chi connectivity index (χ1n) is 4.73. The van der Waals surface area contributed by atoms with E-state index < -0.39 is 0 Å². The van der Waals surface area contributed by atoms with Crippen LogP contribution in [0.15, 0.2) is 10.6 Å². The molecule has 0 aliphatic heterocycles. The first kappa shape index (κ1) is 10.3. The summed E-state index contributed by atoms with van der Waals surface area (Å²) in [6, 6.07) is -0.173. The van der Waals surface area contributed by atoms with Crippen molar-refractivity contribution in [1.82, 2.24) is 9.97 Å². The van der Waals surface area contributed by atoms with Crippen LogP contribution in [0.1, 0.15) is 29.6 Å². The van der Waals surface area contributed by atoms with Gasteiger partial charge in [-0.25, -0.2) is 9.97 Å². The van der Waals surface area contributed by atoms with Gasteiger partial charge in [0, 0.05) is 0 Å². The van der Waals surface area contributed by atoms with Crippen molar-refractivity contribution in [1.29, 1.82) is 0 Å². The van der Waals surface area contributed by atoms with Gasteiger partial charge in [0.15, 0.2) is 5.76 Å². The third kappa shape index (κ3) is 1.93. The van der Waals surface area contributed by atoms with Gasteiger partial charge in [0.05, 0.1) is 27.8 Å². The number of hydrogen-bond donors (Lipinski definition) is 1. The van der Waals surface area contributed by atoms with Crippen molar-refractivity contribution in [2.75, 3.05) is 0 Å². The maximum Gasteiger partial charge on any atom is 0.211 e. The molecule has 2 aromatic heterocycles. The first-order valence-corrected chi connectivity index (χ1v) is 5.55. The van der Waals surface area contributed by atoms with Crippen LogP contribution in [-0.2, 0) is 0 Å². The van der Waals surface area contributed by atoms with Crippen molar-refractivity contribution >= 4 is 11.3 Å². The molecule has 2 rings (SSSR count). The Balaban J connectivity index is 2.41. The fourth-order valence-electron chi connectivity index (χ4n) is 1.36. The van der Waals surface area contributed by atoms with Crippen molar-refractivity contribution in [2.45, 2.75) is 26.8 Å². The summed E-state index contributed by atoms with van der Waals surface area (Å²) in [5.41, 5.74) is 6.66. The van der Waals surface area contributed by atoms with Crippen molar-refractivity contribution in [2.24, 2.45) is 5.73 Å². The lowest BCUT2D eigenvalue weighted by molar-refractivity contribution is 0.474. The smallest absolute Gasteiger partial charge is 0.211 e. The standard InChI is InChI=1S/C10H13N3OS/c1-5(11)10-12-4-8(14-10)9-6(2)13-7(3)15-9/h4-5H,11H2,1-3H3. The van der Waals surface area contributed by atoms with Gasteiger partial charge < -0.3 is 10.2 Å². The fourth-order valence-corrected chi connectivity index (χ4v) is 2.23. The molecule has 0 radical (unpaired) electrons. The Kier molecular flexibility index (Phi) is 2.58. The summed E-state index contributed by atoms with van der Waals surface area (Å²) < 4.78 is 5.56. The lowest BCUT2D eigenvalue weighted by atomic mass is 10.3. The summed E-state index contributed by atoms with van der Waals surface area (Å²) in [6.07, 6.45) is 1.71. The van der Waals surface area contributed by atoms with Crippen LogP contribution in [0.4, 0.5) is 0 Å². The molecule has 0 amide bonds. The topological polar surface area (TPSA) is 64.9 Å². The summed E-state index contributed by atoms with van der Waals surface area (Å²) in [6.45, 7) is 5.79. The van der Waals surface area contributed by atoms with Crippen LogP contribution < -0.4 is 5.73 Å². The van der Waals surface area contributed by atoms with Crippen LogP contribution in [0.25, 0.3) is 10.6 Å². The van der Waals surface area contributed by atoms with E-state index in [1.165, 1.54) is 0 Å². The second-order valence-corrected chi connectivity index (χ2v) is 4.70. The van der Waals surface area contributed by atoms with Gasteiger partial charge in [0.25, 0.3) is 0 Å². The summed E-state index contributed by atoms with van der Waals surface area (Å²) in [5, 5.41) is 1.03. The molecule has 1 atom stereocenters. The number of aryl methyl sites for hydroxylation is 2. The Bertz CT molecular complexity index is 473. The highest BCUT2D eigenvalue weighted by Gasteiger charge is 2.14. The second-order valence-electron chi connectivity index (χ2n) is 3.50. The number of rotatable bonds is 2. The van der Waals surface area contributed by atoms with Crippen LogP contribution in [0.2, 0.25) is 0 Å². The van der Waals surface area contributed by atoms with Crippen molar-refractivity contribution in [3.05, 3.63) is 22.8 Å². The number of oxazole rings is 1. The lowest BCUT2D eigenvalue weighted by Crippen LogP contribution is -2.04. The monoisotopic (exact) mass is 223 g/mol.